The highest BCUT2D eigenvalue weighted by Gasteiger charge is 2.28. The number of carbonyl (C=O) groups is 2. The first-order valence-corrected chi connectivity index (χ1v) is 11.2. The summed E-state index contributed by atoms with van der Waals surface area (Å²) in [5, 5.41) is 6.24. The second kappa shape index (κ2) is 11.4. The molecule has 0 aromatic rings. The molecule has 0 aromatic carbocycles. The summed E-state index contributed by atoms with van der Waals surface area (Å²) in [6.45, 7) is 15.4. The molecule has 8 nitrogen and oxygen atoms in total. The van der Waals surface area contributed by atoms with Crippen molar-refractivity contribution in [3.05, 3.63) is 0 Å². The van der Waals surface area contributed by atoms with Crippen molar-refractivity contribution in [1.29, 1.82) is 0 Å². The molecule has 2 heterocycles. The van der Waals surface area contributed by atoms with E-state index in [0.29, 0.717) is 19.6 Å². The van der Waals surface area contributed by atoms with E-state index in [2.05, 4.69) is 27.4 Å². The van der Waals surface area contributed by atoms with E-state index in [4.69, 9.17) is 4.99 Å². The second-order valence-electron chi connectivity index (χ2n) is 8.62. The Balaban J connectivity index is 1.86. The van der Waals surface area contributed by atoms with Crippen molar-refractivity contribution in [1.82, 2.24) is 25.3 Å². The van der Waals surface area contributed by atoms with E-state index in [1.54, 1.807) is 0 Å². The second-order valence-corrected chi connectivity index (χ2v) is 8.62. The van der Waals surface area contributed by atoms with Gasteiger partial charge in [0.1, 0.15) is 0 Å². The predicted molar refractivity (Wildman–Crippen MR) is 117 cm³/mol. The van der Waals surface area contributed by atoms with E-state index in [9.17, 15) is 9.59 Å². The normalized spacial score (nSPS) is 19.2. The third-order valence-corrected chi connectivity index (χ3v) is 5.65. The highest BCUT2D eigenvalue weighted by Crippen LogP contribution is 2.16. The lowest BCUT2D eigenvalue weighted by molar-refractivity contribution is -0.133. The fourth-order valence-corrected chi connectivity index (χ4v) is 3.72. The highest BCUT2D eigenvalue weighted by atomic mass is 16.2. The van der Waals surface area contributed by atoms with Crippen LogP contribution in [0.5, 0.6) is 0 Å². The zero-order chi connectivity index (χ0) is 21.3. The number of guanidine groups is 1. The van der Waals surface area contributed by atoms with Gasteiger partial charge in [-0.3, -0.25) is 19.5 Å². The lowest BCUT2D eigenvalue weighted by Gasteiger charge is -2.37. The molecule has 2 aliphatic rings. The predicted octanol–water partition coefficient (Wildman–Crippen LogP) is 0.744. The minimum atomic E-state index is -0.542. The Hall–Kier alpha value is -1.83. The maximum absolute atomic E-state index is 12.5. The summed E-state index contributed by atoms with van der Waals surface area (Å²) < 4.78 is 0. The molecule has 2 aliphatic heterocycles. The number of nitrogens with zero attached hydrogens (tertiary/aromatic N) is 4. The summed E-state index contributed by atoms with van der Waals surface area (Å²) in [6, 6.07) is 0. The van der Waals surface area contributed by atoms with Gasteiger partial charge in [0.05, 0.1) is 18.5 Å². The van der Waals surface area contributed by atoms with Crippen LogP contribution in [0.1, 0.15) is 47.0 Å². The Bertz CT molecular complexity index is 564. The fraction of sp³-hybridized carbons (Fsp3) is 0.857. The molecule has 2 saturated heterocycles. The van der Waals surface area contributed by atoms with E-state index in [1.165, 1.54) is 6.42 Å². The molecule has 0 atom stereocenters. The number of piperazine rings is 1. The minimum absolute atomic E-state index is 0.0284. The van der Waals surface area contributed by atoms with Gasteiger partial charge in [0, 0.05) is 52.4 Å². The minimum Gasteiger partial charge on any atom is -0.357 e. The maximum Gasteiger partial charge on any atom is 0.236 e. The maximum atomic E-state index is 12.5. The average molecular weight is 409 g/mol. The van der Waals surface area contributed by atoms with Crippen LogP contribution in [0, 0.1) is 5.41 Å². The van der Waals surface area contributed by atoms with Gasteiger partial charge in [0.25, 0.3) is 0 Å². The van der Waals surface area contributed by atoms with Gasteiger partial charge in [0.15, 0.2) is 5.96 Å². The Morgan fingerprint density at radius 3 is 2.07 bits per heavy atom. The molecular formula is C21H40N6O2. The van der Waals surface area contributed by atoms with Crippen LogP contribution in [0.15, 0.2) is 4.99 Å². The van der Waals surface area contributed by atoms with Gasteiger partial charge in [-0.15, -0.1) is 0 Å². The van der Waals surface area contributed by atoms with Crippen LogP contribution in [0.25, 0.3) is 0 Å². The molecular weight excluding hydrogens is 368 g/mol. The summed E-state index contributed by atoms with van der Waals surface area (Å²) in [7, 11) is 0. The molecule has 0 saturated carbocycles. The number of likely N-dealkylation sites (tertiary alicyclic amines) is 1. The lowest BCUT2D eigenvalue weighted by Crippen LogP contribution is -2.54. The Kier molecular flexibility index (Phi) is 9.20. The quantitative estimate of drug-likeness (QED) is 0.480. The average Bonchev–Trinajstić information content (AvgIpc) is 2.72. The Morgan fingerprint density at radius 1 is 0.862 bits per heavy atom. The summed E-state index contributed by atoms with van der Waals surface area (Å²) in [4.78, 5) is 36.0. The molecule has 2 rings (SSSR count). The molecule has 2 fully saturated rings. The first-order valence-electron chi connectivity index (χ1n) is 11.2. The zero-order valence-electron chi connectivity index (χ0n) is 18.8. The molecule has 166 valence electrons. The summed E-state index contributed by atoms with van der Waals surface area (Å²) in [5.41, 5.74) is -0.542. The van der Waals surface area contributed by atoms with Crippen LogP contribution in [0.4, 0.5) is 0 Å². The van der Waals surface area contributed by atoms with Crippen molar-refractivity contribution in [3.8, 4) is 0 Å². The van der Waals surface area contributed by atoms with Crippen LogP contribution < -0.4 is 10.6 Å². The molecule has 8 heteroatoms. The third kappa shape index (κ3) is 7.17. The van der Waals surface area contributed by atoms with Gasteiger partial charge in [-0.1, -0.05) is 0 Å². The van der Waals surface area contributed by atoms with Gasteiger partial charge >= 0.3 is 0 Å². The summed E-state index contributed by atoms with van der Waals surface area (Å²) >= 11 is 0. The van der Waals surface area contributed by atoms with Gasteiger partial charge in [-0.05, 0) is 47.0 Å². The van der Waals surface area contributed by atoms with Gasteiger partial charge < -0.3 is 20.4 Å². The van der Waals surface area contributed by atoms with Crippen molar-refractivity contribution >= 4 is 17.8 Å². The topological polar surface area (TPSA) is 80.3 Å². The monoisotopic (exact) mass is 408 g/mol. The number of nitrogens with one attached hydrogen (secondary N) is 2. The van der Waals surface area contributed by atoms with Gasteiger partial charge in [-0.25, -0.2) is 0 Å². The van der Waals surface area contributed by atoms with Crippen molar-refractivity contribution < 1.29 is 9.59 Å². The number of carbonyl (C=O) groups excluding carboxylic acids is 2. The van der Waals surface area contributed by atoms with Gasteiger partial charge in [-0.2, -0.15) is 0 Å². The van der Waals surface area contributed by atoms with E-state index < -0.39 is 5.41 Å². The largest absolute Gasteiger partial charge is 0.357 e. The van der Waals surface area contributed by atoms with E-state index >= 15 is 0 Å². The molecule has 0 bridgehead atoms. The number of aliphatic imine (C=N–C) groups is 1. The molecule has 29 heavy (non-hydrogen) atoms. The first kappa shape index (κ1) is 23.4. The van der Waals surface area contributed by atoms with Crippen LogP contribution in [-0.2, 0) is 9.59 Å². The molecule has 0 aliphatic carbocycles. The molecule has 0 spiro atoms. The van der Waals surface area contributed by atoms with Crippen molar-refractivity contribution in [3.63, 3.8) is 0 Å². The Morgan fingerprint density at radius 2 is 1.48 bits per heavy atom. The van der Waals surface area contributed by atoms with Crippen molar-refractivity contribution in [2.75, 3.05) is 65.4 Å². The lowest BCUT2D eigenvalue weighted by atomic mass is 9.92. The molecule has 0 unspecified atom stereocenters. The third-order valence-electron chi connectivity index (χ3n) is 5.65. The number of amides is 2. The SMILES string of the molecule is CCNC(=O)C(C)(C)CN=C(NCC)N1CCN(CC(=O)N2CCCCC2)CC1. The van der Waals surface area contributed by atoms with Crippen LogP contribution in [-0.4, -0.2) is 97.9 Å². The van der Waals surface area contributed by atoms with Crippen LogP contribution >= 0.6 is 0 Å². The molecule has 0 radical (unpaired) electrons. The standard InChI is InChI=1S/C21H40N6O2/c1-5-22-19(29)21(3,4)17-24-20(23-6-2)27-14-12-25(13-15-27)16-18(28)26-10-8-7-9-11-26/h5-17H2,1-4H3,(H,22,29)(H,23,24). The summed E-state index contributed by atoms with van der Waals surface area (Å²) in [5.74, 6) is 1.15. The van der Waals surface area contributed by atoms with E-state index in [-0.39, 0.29) is 11.8 Å². The molecule has 2 N–H and O–H groups in total. The fourth-order valence-electron chi connectivity index (χ4n) is 3.72. The van der Waals surface area contributed by atoms with Crippen LogP contribution in [0.2, 0.25) is 0 Å². The number of piperidine rings is 1. The number of rotatable bonds is 7. The number of hydrogen-bond acceptors (Lipinski definition) is 4. The van der Waals surface area contributed by atoms with Crippen molar-refractivity contribution in [2.45, 2.75) is 47.0 Å². The summed E-state index contributed by atoms with van der Waals surface area (Å²) in [6.07, 6.45) is 3.51. The smallest absolute Gasteiger partial charge is 0.236 e. The van der Waals surface area contributed by atoms with Gasteiger partial charge in [0.2, 0.25) is 11.8 Å². The molecule has 2 amide bonds. The number of hydrogen-bond donors (Lipinski definition) is 2. The Labute approximate surface area is 176 Å². The van der Waals surface area contributed by atoms with Crippen molar-refractivity contribution in [2.24, 2.45) is 10.4 Å². The first-order chi connectivity index (χ1) is 13.9. The van der Waals surface area contributed by atoms with E-state index in [1.807, 2.05) is 25.7 Å². The highest BCUT2D eigenvalue weighted by molar-refractivity contribution is 5.84. The van der Waals surface area contributed by atoms with E-state index in [0.717, 1.165) is 64.6 Å². The van der Waals surface area contributed by atoms with Crippen LogP contribution in [0.3, 0.4) is 0 Å². The zero-order valence-corrected chi connectivity index (χ0v) is 18.8. The molecule has 0 aromatic heterocycles.